The summed E-state index contributed by atoms with van der Waals surface area (Å²) in [5.74, 6) is 0. The first-order valence-electron chi connectivity index (χ1n) is 6.36. The lowest BCUT2D eigenvalue weighted by Gasteiger charge is -2.18. The molecule has 5 nitrogen and oxygen atoms in total. The predicted molar refractivity (Wildman–Crippen MR) is 69.6 cm³/mol. The van der Waals surface area contributed by atoms with E-state index in [9.17, 15) is 13.6 Å². The van der Waals surface area contributed by atoms with Gasteiger partial charge in [-0.05, 0) is 6.42 Å². The Kier molecular flexibility index (Phi) is 5.45. The number of halogens is 2. The van der Waals surface area contributed by atoms with E-state index in [0.29, 0.717) is 12.0 Å². The molecule has 1 aromatic rings. The van der Waals surface area contributed by atoms with Gasteiger partial charge in [0.1, 0.15) is 0 Å². The second-order valence-corrected chi connectivity index (χ2v) is 5.46. The highest BCUT2D eigenvalue weighted by Gasteiger charge is 2.24. The molecular weight excluding hydrogens is 268 g/mol. The lowest BCUT2D eigenvalue weighted by molar-refractivity contribution is -0.131. The molecule has 0 aliphatic carbocycles. The minimum absolute atomic E-state index is 0.0266. The Morgan fingerprint density at radius 1 is 1.45 bits per heavy atom. The Hall–Kier alpha value is -1.68. The van der Waals surface area contributed by atoms with Crippen molar-refractivity contribution in [1.29, 1.82) is 5.26 Å². The van der Waals surface area contributed by atoms with Crippen LogP contribution in [-0.4, -0.2) is 23.0 Å². The van der Waals surface area contributed by atoms with Crippen LogP contribution in [0, 0.1) is 11.3 Å². The Bertz CT molecular complexity index is 535. The molecule has 0 saturated carbocycles. The molecule has 1 aromatic heterocycles. The van der Waals surface area contributed by atoms with Crippen molar-refractivity contribution < 1.29 is 13.5 Å². The number of alkyl halides is 2. The van der Waals surface area contributed by atoms with Crippen molar-refractivity contribution in [2.24, 2.45) is 0 Å². The molecule has 0 atom stereocenters. The summed E-state index contributed by atoms with van der Waals surface area (Å²) >= 11 is 0. The van der Waals surface area contributed by atoms with Crippen molar-refractivity contribution in [3.63, 3.8) is 0 Å². The molecule has 0 aliphatic heterocycles. The number of ether oxygens (including phenoxy) is 1. The molecule has 0 aromatic carbocycles. The molecule has 0 bridgehead atoms. The lowest BCUT2D eigenvalue weighted by Crippen LogP contribution is -2.22. The van der Waals surface area contributed by atoms with Crippen LogP contribution >= 0.6 is 0 Å². The number of aromatic amines is 1. The quantitative estimate of drug-likeness (QED) is 0.871. The molecular formula is C13H19F2N3O2. The Morgan fingerprint density at radius 3 is 2.60 bits per heavy atom. The highest BCUT2D eigenvalue weighted by molar-refractivity contribution is 5.25. The molecule has 7 heteroatoms. The number of nitrogens with zero attached hydrogens (tertiary/aromatic N) is 2. The summed E-state index contributed by atoms with van der Waals surface area (Å²) in [5, 5.41) is 11.6. The Labute approximate surface area is 116 Å². The summed E-state index contributed by atoms with van der Waals surface area (Å²) in [7, 11) is 0. The minimum atomic E-state index is -2.85. The topological polar surface area (TPSA) is 70.8 Å². The average Bonchev–Trinajstić information content (AvgIpc) is 2.64. The summed E-state index contributed by atoms with van der Waals surface area (Å²) in [4.78, 5) is 12.2. The van der Waals surface area contributed by atoms with Gasteiger partial charge in [0.25, 0.3) is 5.56 Å². The molecule has 0 spiro atoms. The number of nitriles is 1. The number of H-pyrrole nitrogens is 1. The summed E-state index contributed by atoms with van der Waals surface area (Å²) in [5.41, 5.74) is 0.701. The van der Waals surface area contributed by atoms with Crippen molar-refractivity contribution in [3.8, 4) is 6.07 Å². The summed E-state index contributed by atoms with van der Waals surface area (Å²) in [6, 6.07) is 2.00. The van der Waals surface area contributed by atoms with Gasteiger partial charge in [-0.3, -0.25) is 14.6 Å². The molecule has 1 heterocycles. The first-order valence-corrected chi connectivity index (χ1v) is 6.36. The van der Waals surface area contributed by atoms with Crippen molar-refractivity contribution in [1.82, 2.24) is 9.78 Å². The van der Waals surface area contributed by atoms with Gasteiger partial charge in [-0.1, -0.05) is 20.8 Å². The number of hydrogen-bond donors (Lipinski definition) is 1. The third-order valence-corrected chi connectivity index (χ3v) is 2.85. The second-order valence-electron chi connectivity index (χ2n) is 5.46. The predicted octanol–water partition coefficient (Wildman–Crippen LogP) is 2.17. The van der Waals surface area contributed by atoms with E-state index in [-0.39, 0.29) is 30.5 Å². The van der Waals surface area contributed by atoms with Crippen LogP contribution in [0.1, 0.15) is 38.4 Å². The van der Waals surface area contributed by atoms with Crippen molar-refractivity contribution >= 4 is 0 Å². The SMILES string of the molecule is CC(C)(C)c1[nH]n(CCOC(F)F)c(=O)c1CCC#N. The van der Waals surface area contributed by atoms with E-state index in [2.05, 4.69) is 9.84 Å². The van der Waals surface area contributed by atoms with Gasteiger partial charge >= 0.3 is 6.61 Å². The molecule has 0 amide bonds. The fourth-order valence-electron chi connectivity index (χ4n) is 1.95. The third-order valence-electron chi connectivity index (χ3n) is 2.85. The molecule has 0 saturated heterocycles. The molecule has 112 valence electrons. The summed E-state index contributed by atoms with van der Waals surface area (Å²) in [6.07, 6.45) is 0.588. The zero-order valence-corrected chi connectivity index (χ0v) is 11.9. The first-order chi connectivity index (χ1) is 9.27. The van der Waals surface area contributed by atoms with Crippen LogP contribution < -0.4 is 5.56 Å². The maximum atomic E-state index is 12.2. The first kappa shape index (κ1) is 16.4. The average molecular weight is 287 g/mol. The second kappa shape index (κ2) is 6.66. The maximum Gasteiger partial charge on any atom is 0.345 e. The van der Waals surface area contributed by atoms with E-state index in [1.54, 1.807) is 0 Å². The van der Waals surface area contributed by atoms with E-state index in [0.717, 1.165) is 5.69 Å². The monoisotopic (exact) mass is 287 g/mol. The fraction of sp³-hybridized carbons (Fsp3) is 0.692. The van der Waals surface area contributed by atoms with Crippen LogP contribution in [0.15, 0.2) is 4.79 Å². The van der Waals surface area contributed by atoms with E-state index in [4.69, 9.17) is 5.26 Å². The van der Waals surface area contributed by atoms with Gasteiger partial charge in [0, 0.05) is 23.1 Å². The molecule has 0 radical (unpaired) electrons. The van der Waals surface area contributed by atoms with E-state index in [1.165, 1.54) is 4.68 Å². The lowest BCUT2D eigenvalue weighted by atomic mass is 9.88. The third kappa shape index (κ3) is 4.17. The van der Waals surface area contributed by atoms with Crippen LogP contribution in [0.4, 0.5) is 8.78 Å². The minimum Gasteiger partial charge on any atom is -0.321 e. The number of nitrogens with one attached hydrogen (secondary N) is 1. The van der Waals surface area contributed by atoms with Crippen LogP contribution in [0.2, 0.25) is 0 Å². The highest BCUT2D eigenvalue weighted by Crippen LogP contribution is 2.23. The largest absolute Gasteiger partial charge is 0.345 e. The molecule has 20 heavy (non-hydrogen) atoms. The number of rotatable bonds is 6. The Balaban J connectivity index is 3.00. The van der Waals surface area contributed by atoms with E-state index < -0.39 is 6.61 Å². The van der Waals surface area contributed by atoms with Gasteiger partial charge in [-0.2, -0.15) is 14.0 Å². The zero-order chi connectivity index (χ0) is 15.3. The van der Waals surface area contributed by atoms with Crippen molar-refractivity contribution in [3.05, 3.63) is 21.6 Å². The van der Waals surface area contributed by atoms with Gasteiger partial charge < -0.3 is 4.74 Å². The van der Waals surface area contributed by atoms with Gasteiger partial charge in [-0.15, -0.1) is 0 Å². The maximum absolute atomic E-state index is 12.2. The van der Waals surface area contributed by atoms with E-state index >= 15 is 0 Å². The smallest absolute Gasteiger partial charge is 0.321 e. The zero-order valence-electron chi connectivity index (χ0n) is 11.9. The number of hydrogen-bond acceptors (Lipinski definition) is 3. The normalized spacial score (nSPS) is 11.8. The van der Waals surface area contributed by atoms with Gasteiger partial charge in [-0.25, -0.2) is 0 Å². The molecule has 0 aliphatic rings. The van der Waals surface area contributed by atoms with Gasteiger partial charge in [0.15, 0.2) is 0 Å². The number of aromatic nitrogens is 2. The highest BCUT2D eigenvalue weighted by atomic mass is 19.3. The van der Waals surface area contributed by atoms with E-state index in [1.807, 2.05) is 26.8 Å². The van der Waals surface area contributed by atoms with Crippen molar-refractivity contribution in [2.75, 3.05) is 6.61 Å². The Morgan fingerprint density at radius 2 is 2.10 bits per heavy atom. The molecule has 1 rings (SSSR count). The van der Waals surface area contributed by atoms with Crippen LogP contribution in [0.3, 0.4) is 0 Å². The molecule has 1 N–H and O–H groups in total. The van der Waals surface area contributed by atoms with Crippen LogP contribution in [-0.2, 0) is 23.1 Å². The van der Waals surface area contributed by atoms with Gasteiger partial charge in [0.05, 0.1) is 19.2 Å². The summed E-state index contributed by atoms with van der Waals surface area (Å²) in [6.45, 7) is 2.75. The fourth-order valence-corrected chi connectivity index (χ4v) is 1.95. The van der Waals surface area contributed by atoms with Crippen LogP contribution in [0.5, 0.6) is 0 Å². The summed E-state index contributed by atoms with van der Waals surface area (Å²) < 4.78 is 29.3. The van der Waals surface area contributed by atoms with Gasteiger partial charge in [0.2, 0.25) is 0 Å². The standard InChI is InChI=1S/C13H19F2N3O2/c1-13(2,3)10-9(5-4-6-16)11(19)18(17-10)7-8-20-12(14)15/h12,17H,4-5,7-8H2,1-3H3. The molecule has 0 unspecified atom stereocenters. The molecule has 0 fully saturated rings. The van der Waals surface area contributed by atoms with Crippen LogP contribution in [0.25, 0.3) is 0 Å². The van der Waals surface area contributed by atoms with Crippen molar-refractivity contribution in [2.45, 2.75) is 52.2 Å².